The molecule has 0 saturated heterocycles. The van der Waals surface area contributed by atoms with Crippen molar-refractivity contribution in [1.82, 2.24) is 10.1 Å². The van der Waals surface area contributed by atoms with Crippen molar-refractivity contribution in [2.45, 2.75) is 20.4 Å². The van der Waals surface area contributed by atoms with Gasteiger partial charge in [0.05, 0.1) is 5.69 Å². The van der Waals surface area contributed by atoms with E-state index >= 15 is 0 Å². The fourth-order valence-electron chi connectivity index (χ4n) is 2.11. The number of rotatable bonds is 3. The number of hydrogen-bond donors (Lipinski definition) is 2. The summed E-state index contributed by atoms with van der Waals surface area (Å²) in [5.74, 6) is 0.878. The standard InChI is InChI=1S/C14H15N3O/c1-9-13(10(2)18-17-9)8-16-12-3-4-14-11(7-12)5-6-15-14/h3-7,15-16H,8H2,1-2H3. The highest BCUT2D eigenvalue weighted by Gasteiger charge is 2.08. The molecular weight excluding hydrogens is 226 g/mol. The van der Waals surface area contributed by atoms with E-state index < -0.39 is 0 Å². The first-order chi connectivity index (χ1) is 8.74. The van der Waals surface area contributed by atoms with Crippen LogP contribution in [-0.4, -0.2) is 10.1 Å². The summed E-state index contributed by atoms with van der Waals surface area (Å²) in [6.45, 7) is 4.63. The predicted octanol–water partition coefficient (Wildman–Crippen LogP) is 3.38. The van der Waals surface area contributed by atoms with Gasteiger partial charge in [-0.15, -0.1) is 0 Å². The van der Waals surface area contributed by atoms with Crippen LogP contribution in [-0.2, 0) is 6.54 Å². The zero-order valence-electron chi connectivity index (χ0n) is 10.4. The topological polar surface area (TPSA) is 53.9 Å². The first-order valence-electron chi connectivity index (χ1n) is 5.97. The second-order valence-corrected chi connectivity index (χ2v) is 4.44. The van der Waals surface area contributed by atoms with Crippen LogP contribution < -0.4 is 5.32 Å². The average molecular weight is 241 g/mol. The molecule has 0 unspecified atom stereocenters. The summed E-state index contributed by atoms with van der Waals surface area (Å²) in [4.78, 5) is 3.18. The smallest absolute Gasteiger partial charge is 0.138 e. The molecule has 0 atom stereocenters. The maximum atomic E-state index is 5.15. The summed E-state index contributed by atoms with van der Waals surface area (Å²) in [5, 5.41) is 8.55. The van der Waals surface area contributed by atoms with Crippen LogP contribution in [0.25, 0.3) is 10.9 Å². The summed E-state index contributed by atoms with van der Waals surface area (Å²) < 4.78 is 5.15. The summed E-state index contributed by atoms with van der Waals surface area (Å²) in [6.07, 6.45) is 1.95. The summed E-state index contributed by atoms with van der Waals surface area (Å²) in [7, 11) is 0. The Morgan fingerprint density at radius 3 is 2.94 bits per heavy atom. The molecule has 0 spiro atoms. The normalized spacial score (nSPS) is 11.0. The highest BCUT2D eigenvalue weighted by Crippen LogP contribution is 2.19. The van der Waals surface area contributed by atoms with Crippen LogP contribution in [0.2, 0.25) is 0 Å². The van der Waals surface area contributed by atoms with Gasteiger partial charge in [0.25, 0.3) is 0 Å². The van der Waals surface area contributed by atoms with E-state index in [-0.39, 0.29) is 0 Å². The molecule has 1 aromatic carbocycles. The summed E-state index contributed by atoms with van der Waals surface area (Å²) in [5.41, 5.74) is 4.33. The van der Waals surface area contributed by atoms with Gasteiger partial charge in [0.15, 0.2) is 0 Å². The number of aryl methyl sites for hydroxylation is 2. The molecule has 2 aromatic heterocycles. The van der Waals surface area contributed by atoms with Crippen molar-refractivity contribution in [3.05, 3.63) is 47.5 Å². The lowest BCUT2D eigenvalue weighted by atomic mass is 10.2. The zero-order valence-corrected chi connectivity index (χ0v) is 10.4. The Bertz CT molecular complexity index is 662. The van der Waals surface area contributed by atoms with Gasteiger partial charge in [-0.25, -0.2) is 0 Å². The second-order valence-electron chi connectivity index (χ2n) is 4.44. The highest BCUT2D eigenvalue weighted by molar-refractivity contribution is 5.82. The van der Waals surface area contributed by atoms with E-state index in [9.17, 15) is 0 Å². The van der Waals surface area contributed by atoms with E-state index in [1.807, 2.05) is 20.0 Å². The molecule has 0 bridgehead atoms. The Balaban J connectivity index is 1.80. The van der Waals surface area contributed by atoms with Gasteiger partial charge in [-0.3, -0.25) is 0 Å². The molecule has 2 heterocycles. The summed E-state index contributed by atoms with van der Waals surface area (Å²) >= 11 is 0. The van der Waals surface area contributed by atoms with Gasteiger partial charge in [0, 0.05) is 34.9 Å². The third-order valence-electron chi connectivity index (χ3n) is 3.20. The summed E-state index contributed by atoms with van der Waals surface area (Å²) in [6, 6.07) is 8.34. The number of anilines is 1. The van der Waals surface area contributed by atoms with Crippen molar-refractivity contribution in [3.8, 4) is 0 Å². The molecule has 0 saturated carbocycles. The SMILES string of the molecule is Cc1noc(C)c1CNc1ccc2[nH]ccc2c1. The molecule has 0 aliphatic rings. The Morgan fingerprint density at radius 2 is 2.17 bits per heavy atom. The minimum atomic E-state index is 0.733. The third-order valence-corrected chi connectivity index (χ3v) is 3.20. The Labute approximate surface area is 105 Å². The molecule has 18 heavy (non-hydrogen) atoms. The third kappa shape index (κ3) is 1.86. The van der Waals surface area contributed by atoms with Crippen LogP contribution in [0.5, 0.6) is 0 Å². The van der Waals surface area contributed by atoms with Gasteiger partial charge in [0.2, 0.25) is 0 Å². The monoisotopic (exact) mass is 241 g/mol. The number of aromatic nitrogens is 2. The van der Waals surface area contributed by atoms with Crippen molar-refractivity contribution in [1.29, 1.82) is 0 Å². The zero-order chi connectivity index (χ0) is 12.5. The van der Waals surface area contributed by atoms with Crippen LogP contribution in [0.15, 0.2) is 35.0 Å². The lowest BCUT2D eigenvalue weighted by Gasteiger charge is -2.06. The van der Waals surface area contributed by atoms with Gasteiger partial charge in [0.1, 0.15) is 5.76 Å². The van der Waals surface area contributed by atoms with E-state index in [4.69, 9.17) is 4.52 Å². The fourth-order valence-corrected chi connectivity index (χ4v) is 2.11. The molecule has 4 heteroatoms. The van der Waals surface area contributed by atoms with Crippen molar-refractivity contribution >= 4 is 16.6 Å². The molecule has 4 nitrogen and oxygen atoms in total. The maximum absolute atomic E-state index is 5.15. The van der Waals surface area contributed by atoms with Crippen LogP contribution in [0.1, 0.15) is 17.0 Å². The van der Waals surface area contributed by atoms with Crippen molar-refractivity contribution in [2.75, 3.05) is 5.32 Å². The largest absolute Gasteiger partial charge is 0.381 e. The van der Waals surface area contributed by atoms with E-state index in [0.717, 1.165) is 34.8 Å². The van der Waals surface area contributed by atoms with E-state index in [2.05, 4.69) is 39.7 Å². The number of fused-ring (bicyclic) bond motifs is 1. The maximum Gasteiger partial charge on any atom is 0.138 e. The average Bonchev–Trinajstić information content (AvgIpc) is 2.94. The molecule has 2 N–H and O–H groups in total. The molecule has 3 rings (SSSR count). The first kappa shape index (κ1) is 10.9. The fraction of sp³-hybridized carbons (Fsp3) is 0.214. The number of nitrogens with zero attached hydrogens (tertiary/aromatic N) is 1. The quantitative estimate of drug-likeness (QED) is 0.739. The van der Waals surface area contributed by atoms with Gasteiger partial charge in [-0.05, 0) is 38.1 Å². The van der Waals surface area contributed by atoms with Crippen LogP contribution >= 0.6 is 0 Å². The molecule has 0 aliphatic heterocycles. The number of hydrogen-bond acceptors (Lipinski definition) is 3. The Morgan fingerprint density at radius 1 is 1.28 bits per heavy atom. The highest BCUT2D eigenvalue weighted by atomic mass is 16.5. The second kappa shape index (κ2) is 4.22. The van der Waals surface area contributed by atoms with Crippen molar-refractivity contribution in [3.63, 3.8) is 0 Å². The molecule has 92 valence electrons. The number of nitrogens with one attached hydrogen (secondary N) is 2. The van der Waals surface area contributed by atoms with Crippen LogP contribution in [0.4, 0.5) is 5.69 Å². The van der Waals surface area contributed by atoms with E-state index in [1.165, 1.54) is 5.39 Å². The lowest BCUT2D eigenvalue weighted by Crippen LogP contribution is -2.01. The van der Waals surface area contributed by atoms with Crippen molar-refractivity contribution < 1.29 is 4.52 Å². The molecule has 3 aromatic rings. The van der Waals surface area contributed by atoms with Gasteiger partial charge in [-0.2, -0.15) is 0 Å². The molecular formula is C14H15N3O. The number of aromatic amines is 1. The van der Waals surface area contributed by atoms with Gasteiger partial charge < -0.3 is 14.8 Å². The minimum absolute atomic E-state index is 0.733. The minimum Gasteiger partial charge on any atom is -0.381 e. The van der Waals surface area contributed by atoms with Gasteiger partial charge in [-0.1, -0.05) is 5.16 Å². The first-order valence-corrected chi connectivity index (χ1v) is 5.97. The van der Waals surface area contributed by atoms with Crippen molar-refractivity contribution in [2.24, 2.45) is 0 Å². The lowest BCUT2D eigenvalue weighted by molar-refractivity contribution is 0.392. The number of benzene rings is 1. The number of H-pyrrole nitrogens is 1. The molecule has 0 aliphatic carbocycles. The van der Waals surface area contributed by atoms with Gasteiger partial charge >= 0.3 is 0 Å². The molecule has 0 amide bonds. The van der Waals surface area contributed by atoms with Crippen LogP contribution in [0.3, 0.4) is 0 Å². The Kier molecular flexibility index (Phi) is 2.55. The van der Waals surface area contributed by atoms with E-state index in [1.54, 1.807) is 0 Å². The Hall–Kier alpha value is -2.23. The molecule has 0 fully saturated rings. The molecule has 0 radical (unpaired) electrons. The van der Waals surface area contributed by atoms with E-state index in [0.29, 0.717) is 0 Å². The van der Waals surface area contributed by atoms with Crippen LogP contribution in [0, 0.1) is 13.8 Å². The predicted molar refractivity (Wildman–Crippen MR) is 71.6 cm³/mol.